The summed E-state index contributed by atoms with van der Waals surface area (Å²) in [7, 11) is 0. The van der Waals surface area contributed by atoms with Gasteiger partial charge in [-0.25, -0.2) is 0 Å². The zero-order chi connectivity index (χ0) is 6.24. The minimum absolute atomic E-state index is 1.21. The van der Waals surface area contributed by atoms with E-state index in [4.69, 9.17) is 0 Å². The number of thioether (sulfide) groups is 2. The molecule has 8 heavy (non-hydrogen) atoms. The Morgan fingerprint density at radius 1 is 1.38 bits per heavy atom. The van der Waals surface area contributed by atoms with Gasteiger partial charge in [-0.2, -0.15) is 11.8 Å². The number of hydrogen-bond acceptors (Lipinski definition) is 2. The molecule has 0 saturated carbocycles. The van der Waals surface area contributed by atoms with E-state index in [0.29, 0.717) is 0 Å². The molecule has 0 aliphatic rings. The van der Waals surface area contributed by atoms with E-state index in [1.807, 2.05) is 11.8 Å². The number of hydrogen-bond donors (Lipinski definition) is 0. The molecule has 0 N–H and O–H groups in total. The molecule has 0 aromatic carbocycles. The molecule has 0 aliphatic heterocycles. The normalized spacial score (nSPS) is 10.8. The summed E-state index contributed by atoms with van der Waals surface area (Å²) in [6.07, 6.45) is 7.63. The maximum atomic E-state index is 2.21. The fraction of sp³-hybridized carbons (Fsp3) is 0.667. The van der Waals surface area contributed by atoms with Gasteiger partial charge in [-0.3, -0.25) is 0 Å². The highest BCUT2D eigenvalue weighted by atomic mass is 32.2. The van der Waals surface area contributed by atoms with Gasteiger partial charge in [-0.1, -0.05) is 6.08 Å². The summed E-state index contributed by atoms with van der Waals surface area (Å²) in [5, 5.41) is 2.14. The van der Waals surface area contributed by atoms with E-state index in [1.165, 1.54) is 12.2 Å². The molecule has 0 fully saturated rings. The summed E-state index contributed by atoms with van der Waals surface area (Å²) in [6.45, 7) is 0. The molecule has 0 bridgehead atoms. The highest BCUT2D eigenvalue weighted by molar-refractivity contribution is 8.01. The van der Waals surface area contributed by atoms with E-state index in [9.17, 15) is 0 Å². The summed E-state index contributed by atoms with van der Waals surface area (Å²) >= 11 is 3.65. The van der Waals surface area contributed by atoms with Crippen molar-refractivity contribution in [2.45, 2.75) is 6.42 Å². The largest absolute Gasteiger partial charge is 0.165 e. The van der Waals surface area contributed by atoms with Crippen LogP contribution in [0.4, 0.5) is 0 Å². The number of rotatable bonds is 4. The first-order valence-electron chi connectivity index (χ1n) is 2.58. The lowest BCUT2D eigenvalue weighted by Gasteiger charge is -1.85. The Balaban J connectivity index is 2.80. The lowest BCUT2D eigenvalue weighted by Crippen LogP contribution is -1.69. The molecule has 0 unspecified atom stereocenters. The van der Waals surface area contributed by atoms with Gasteiger partial charge in [0.05, 0.1) is 0 Å². The molecule has 0 saturated heterocycles. The van der Waals surface area contributed by atoms with Crippen molar-refractivity contribution < 1.29 is 0 Å². The molecule has 0 amide bonds. The SMILES string of the molecule is CS/C=C\CCSC. The molecule has 0 nitrogen and oxygen atoms in total. The Hall–Kier alpha value is 0.440. The Morgan fingerprint density at radius 2 is 2.12 bits per heavy atom. The maximum Gasteiger partial charge on any atom is -0.00354 e. The van der Waals surface area contributed by atoms with E-state index in [-0.39, 0.29) is 0 Å². The third kappa shape index (κ3) is 6.44. The van der Waals surface area contributed by atoms with Gasteiger partial charge in [-0.15, -0.1) is 11.8 Å². The fourth-order valence-electron chi connectivity index (χ4n) is 0.350. The predicted molar refractivity (Wildman–Crippen MR) is 45.7 cm³/mol. The number of allylic oxidation sites excluding steroid dienone is 1. The van der Waals surface area contributed by atoms with Gasteiger partial charge in [0.25, 0.3) is 0 Å². The molecule has 0 heterocycles. The van der Waals surface area contributed by atoms with Crippen LogP contribution in [0.25, 0.3) is 0 Å². The van der Waals surface area contributed by atoms with Crippen LogP contribution < -0.4 is 0 Å². The third-order valence-electron chi connectivity index (χ3n) is 0.721. The van der Waals surface area contributed by atoms with Crippen molar-refractivity contribution in [2.75, 3.05) is 18.3 Å². The average molecular weight is 148 g/mol. The van der Waals surface area contributed by atoms with E-state index >= 15 is 0 Å². The van der Waals surface area contributed by atoms with Gasteiger partial charge < -0.3 is 0 Å². The van der Waals surface area contributed by atoms with Crippen LogP contribution in [0, 0.1) is 0 Å². The summed E-state index contributed by atoms with van der Waals surface area (Å²) < 4.78 is 0. The van der Waals surface area contributed by atoms with Crippen LogP contribution >= 0.6 is 23.5 Å². The molecule has 0 aliphatic carbocycles. The summed E-state index contributed by atoms with van der Waals surface area (Å²) in [4.78, 5) is 0. The lowest BCUT2D eigenvalue weighted by atomic mass is 10.5. The molecule has 0 spiro atoms. The smallest absolute Gasteiger partial charge is 0.00354 e. The summed E-state index contributed by atoms with van der Waals surface area (Å²) in [5.41, 5.74) is 0. The predicted octanol–water partition coefficient (Wildman–Crippen LogP) is 2.62. The highest BCUT2D eigenvalue weighted by Gasteiger charge is 1.74. The van der Waals surface area contributed by atoms with Gasteiger partial charge in [0.1, 0.15) is 0 Å². The minimum atomic E-state index is 1.21. The van der Waals surface area contributed by atoms with Gasteiger partial charge in [0.2, 0.25) is 0 Å². The fourth-order valence-corrected chi connectivity index (χ4v) is 1.05. The summed E-state index contributed by atoms with van der Waals surface area (Å²) in [6, 6.07) is 0. The van der Waals surface area contributed by atoms with Crippen molar-refractivity contribution in [1.82, 2.24) is 0 Å². The topological polar surface area (TPSA) is 0 Å². The Bertz CT molecular complexity index is 59.5. The quantitative estimate of drug-likeness (QED) is 0.562. The zero-order valence-electron chi connectivity index (χ0n) is 5.39. The van der Waals surface area contributed by atoms with Crippen molar-refractivity contribution >= 4 is 23.5 Å². The molecule has 0 aromatic heterocycles. The van der Waals surface area contributed by atoms with Crippen LogP contribution in [0.5, 0.6) is 0 Å². The van der Waals surface area contributed by atoms with Gasteiger partial charge >= 0.3 is 0 Å². The Kier molecular flexibility index (Phi) is 7.85. The van der Waals surface area contributed by atoms with Gasteiger partial charge in [0, 0.05) is 0 Å². The Labute approximate surface area is 60.1 Å². The van der Waals surface area contributed by atoms with Crippen LogP contribution in [0.1, 0.15) is 6.42 Å². The van der Waals surface area contributed by atoms with Crippen molar-refractivity contribution in [2.24, 2.45) is 0 Å². The highest BCUT2D eigenvalue weighted by Crippen LogP contribution is 1.99. The average Bonchev–Trinajstić information content (AvgIpc) is 1.81. The van der Waals surface area contributed by atoms with Gasteiger partial charge in [-0.05, 0) is 30.1 Å². The molecular weight excluding hydrogens is 136 g/mol. The van der Waals surface area contributed by atoms with Crippen LogP contribution in [-0.2, 0) is 0 Å². The standard InChI is InChI=1S/C6H12S2/c1-7-5-3-4-6-8-2/h3,5H,4,6H2,1-2H3/b5-3-. The van der Waals surface area contributed by atoms with E-state index in [2.05, 4.69) is 24.0 Å². The molecule has 0 radical (unpaired) electrons. The van der Waals surface area contributed by atoms with Crippen molar-refractivity contribution in [3.05, 3.63) is 11.5 Å². The first-order valence-corrected chi connectivity index (χ1v) is 5.26. The van der Waals surface area contributed by atoms with Crippen LogP contribution in [-0.4, -0.2) is 18.3 Å². The van der Waals surface area contributed by atoms with Crippen LogP contribution in [0.15, 0.2) is 11.5 Å². The van der Waals surface area contributed by atoms with E-state index in [0.717, 1.165) is 0 Å². The first kappa shape index (κ1) is 8.44. The second-order valence-corrected chi connectivity index (χ2v) is 3.12. The van der Waals surface area contributed by atoms with E-state index < -0.39 is 0 Å². The maximum absolute atomic E-state index is 2.21. The van der Waals surface area contributed by atoms with Crippen molar-refractivity contribution in [3.63, 3.8) is 0 Å². The van der Waals surface area contributed by atoms with Crippen molar-refractivity contribution in [1.29, 1.82) is 0 Å². The first-order chi connectivity index (χ1) is 3.91. The minimum Gasteiger partial charge on any atom is -0.165 e. The Morgan fingerprint density at radius 3 is 2.62 bits per heavy atom. The van der Waals surface area contributed by atoms with Crippen molar-refractivity contribution in [3.8, 4) is 0 Å². The van der Waals surface area contributed by atoms with Crippen LogP contribution in [0.2, 0.25) is 0 Å². The lowest BCUT2D eigenvalue weighted by molar-refractivity contribution is 1.25. The molecule has 0 rings (SSSR count). The van der Waals surface area contributed by atoms with E-state index in [1.54, 1.807) is 11.8 Å². The molecule has 2 heteroatoms. The molecule has 0 atom stereocenters. The summed E-state index contributed by atoms with van der Waals surface area (Å²) in [5.74, 6) is 1.25. The second-order valence-electron chi connectivity index (χ2n) is 1.39. The van der Waals surface area contributed by atoms with Crippen LogP contribution in [0.3, 0.4) is 0 Å². The van der Waals surface area contributed by atoms with Gasteiger partial charge in [0.15, 0.2) is 0 Å². The molecular formula is C6H12S2. The second kappa shape index (κ2) is 7.44. The molecule has 48 valence electrons. The molecule has 0 aromatic rings. The monoisotopic (exact) mass is 148 g/mol. The zero-order valence-corrected chi connectivity index (χ0v) is 7.02. The third-order valence-corrected chi connectivity index (χ3v) is 1.83.